The van der Waals surface area contributed by atoms with Crippen molar-refractivity contribution in [1.82, 2.24) is 9.55 Å². The molecule has 3 aromatic rings. The van der Waals surface area contributed by atoms with Crippen LogP contribution in [-0.4, -0.2) is 15.5 Å². The number of halogens is 1. The minimum atomic E-state index is -0.182. The molecule has 0 saturated carbocycles. The predicted octanol–water partition coefficient (Wildman–Crippen LogP) is 4.57. The Bertz CT molecular complexity index is 850. The molecule has 0 aliphatic rings. The van der Waals surface area contributed by atoms with Gasteiger partial charge in [0.15, 0.2) is 0 Å². The van der Waals surface area contributed by atoms with Crippen LogP contribution in [0, 0.1) is 0 Å². The van der Waals surface area contributed by atoms with E-state index < -0.39 is 0 Å². The zero-order chi connectivity index (χ0) is 15.0. The Morgan fingerprint density at radius 1 is 1.19 bits per heavy atom. The lowest BCUT2D eigenvalue weighted by Crippen LogP contribution is -2.12. The van der Waals surface area contributed by atoms with Crippen LogP contribution in [0.1, 0.15) is 11.7 Å². The molecule has 0 bridgehead atoms. The van der Waals surface area contributed by atoms with Crippen LogP contribution in [-0.2, 0) is 0 Å². The van der Waals surface area contributed by atoms with Crippen LogP contribution < -0.4 is 0 Å². The lowest BCUT2D eigenvalue weighted by Gasteiger charge is -2.07. The molecule has 0 N–H and O–H groups in total. The minimum Gasteiger partial charge on any atom is -0.269 e. The first-order chi connectivity index (χ1) is 10.1. The van der Waals surface area contributed by atoms with Gasteiger partial charge in [0.1, 0.15) is 5.82 Å². The fourth-order valence-corrected chi connectivity index (χ4v) is 2.39. The molecule has 0 saturated heterocycles. The highest BCUT2D eigenvalue weighted by Gasteiger charge is 2.18. The van der Waals surface area contributed by atoms with Crippen molar-refractivity contribution in [3.05, 3.63) is 65.7 Å². The van der Waals surface area contributed by atoms with E-state index in [1.54, 1.807) is 23.6 Å². The molecule has 2 aromatic carbocycles. The van der Waals surface area contributed by atoms with Gasteiger partial charge in [-0.3, -0.25) is 9.36 Å². The molecule has 3 rings (SSSR count). The van der Waals surface area contributed by atoms with Gasteiger partial charge < -0.3 is 0 Å². The molecular formula is C17H13ClN2O. The second-order valence-corrected chi connectivity index (χ2v) is 5.29. The van der Waals surface area contributed by atoms with Crippen LogP contribution in [0.25, 0.3) is 22.4 Å². The fourth-order valence-electron chi connectivity index (χ4n) is 2.23. The van der Waals surface area contributed by atoms with Gasteiger partial charge in [0.2, 0.25) is 0 Å². The number of carbonyl (C=O) groups excluding carboxylic acids is 1. The van der Waals surface area contributed by atoms with Crippen molar-refractivity contribution in [1.29, 1.82) is 0 Å². The summed E-state index contributed by atoms with van der Waals surface area (Å²) >= 11 is 6.06. The molecule has 0 aliphatic heterocycles. The quantitative estimate of drug-likeness (QED) is 0.649. The molecular weight excluding hydrogens is 284 g/mol. The number of fused-ring (bicyclic) bond motifs is 1. The molecule has 4 heteroatoms. The largest absolute Gasteiger partial charge is 0.269 e. The standard InChI is InChI=1S/C17H13ClN2O/c1-11(2)17(21)20-15-10-13(18)8-9-14(15)19-16(20)12-6-4-3-5-7-12/h3-10H,1H2,2H3. The van der Waals surface area contributed by atoms with Crippen molar-refractivity contribution in [2.45, 2.75) is 6.92 Å². The molecule has 0 amide bonds. The maximum absolute atomic E-state index is 12.5. The molecule has 104 valence electrons. The molecule has 3 nitrogen and oxygen atoms in total. The van der Waals surface area contributed by atoms with Crippen LogP contribution in [0.3, 0.4) is 0 Å². The van der Waals surface area contributed by atoms with E-state index in [-0.39, 0.29) is 5.91 Å². The maximum Gasteiger partial charge on any atom is 0.259 e. The van der Waals surface area contributed by atoms with Gasteiger partial charge in [0.25, 0.3) is 5.91 Å². The van der Waals surface area contributed by atoms with E-state index in [1.165, 1.54) is 0 Å². The number of aromatic nitrogens is 2. The third-order valence-electron chi connectivity index (χ3n) is 3.22. The van der Waals surface area contributed by atoms with Crippen molar-refractivity contribution < 1.29 is 4.79 Å². The third kappa shape index (κ3) is 2.36. The summed E-state index contributed by atoms with van der Waals surface area (Å²) in [5, 5.41) is 0.567. The van der Waals surface area contributed by atoms with E-state index in [2.05, 4.69) is 11.6 Å². The summed E-state index contributed by atoms with van der Waals surface area (Å²) < 4.78 is 1.57. The van der Waals surface area contributed by atoms with Gasteiger partial charge in [-0.25, -0.2) is 4.98 Å². The summed E-state index contributed by atoms with van der Waals surface area (Å²) in [6, 6.07) is 14.9. The number of carbonyl (C=O) groups is 1. The minimum absolute atomic E-state index is 0.182. The topological polar surface area (TPSA) is 34.9 Å². The van der Waals surface area contributed by atoms with E-state index >= 15 is 0 Å². The molecule has 1 aromatic heterocycles. The first-order valence-corrected chi connectivity index (χ1v) is 6.89. The average Bonchev–Trinajstić information content (AvgIpc) is 2.85. The summed E-state index contributed by atoms with van der Waals surface area (Å²) in [7, 11) is 0. The van der Waals surface area contributed by atoms with Gasteiger partial charge in [0.05, 0.1) is 11.0 Å². The van der Waals surface area contributed by atoms with Crippen LogP contribution in [0.4, 0.5) is 0 Å². The van der Waals surface area contributed by atoms with Gasteiger partial charge in [-0.1, -0.05) is 48.5 Å². The number of hydrogen-bond donors (Lipinski definition) is 0. The van der Waals surface area contributed by atoms with Crippen LogP contribution in [0.15, 0.2) is 60.7 Å². The van der Waals surface area contributed by atoms with Crippen LogP contribution in [0.5, 0.6) is 0 Å². The maximum atomic E-state index is 12.5. The van der Waals surface area contributed by atoms with Gasteiger partial charge >= 0.3 is 0 Å². The molecule has 0 unspecified atom stereocenters. The first kappa shape index (κ1) is 13.6. The Labute approximate surface area is 127 Å². The Kier molecular flexibility index (Phi) is 3.35. The molecule has 21 heavy (non-hydrogen) atoms. The van der Waals surface area contributed by atoms with Crippen molar-refractivity contribution >= 4 is 28.5 Å². The number of rotatable bonds is 2. The SMILES string of the molecule is C=C(C)C(=O)n1c(-c2ccccc2)nc2ccc(Cl)cc21. The Morgan fingerprint density at radius 3 is 2.57 bits per heavy atom. The predicted molar refractivity (Wildman–Crippen MR) is 85.6 cm³/mol. The first-order valence-electron chi connectivity index (χ1n) is 6.51. The lowest BCUT2D eigenvalue weighted by atomic mass is 10.2. The highest BCUT2D eigenvalue weighted by atomic mass is 35.5. The highest BCUT2D eigenvalue weighted by Crippen LogP contribution is 2.27. The number of hydrogen-bond acceptors (Lipinski definition) is 2. The van der Waals surface area contributed by atoms with E-state index in [0.29, 0.717) is 21.9 Å². The number of benzene rings is 2. The highest BCUT2D eigenvalue weighted by molar-refractivity contribution is 6.31. The van der Waals surface area contributed by atoms with Crippen LogP contribution >= 0.6 is 11.6 Å². The van der Waals surface area contributed by atoms with Gasteiger partial charge in [0, 0.05) is 16.2 Å². The van der Waals surface area contributed by atoms with E-state index in [4.69, 9.17) is 11.6 Å². The van der Waals surface area contributed by atoms with Gasteiger partial charge in [-0.15, -0.1) is 0 Å². The summed E-state index contributed by atoms with van der Waals surface area (Å²) in [5.41, 5.74) is 2.74. The molecule has 0 radical (unpaired) electrons. The van der Waals surface area contributed by atoms with Gasteiger partial charge in [-0.05, 0) is 25.1 Å². The second kappa shape index (κ2) is 5.19. The van der Waals surface area contributed by atoms with Gasteiger partial charge in [-0.2, -0.15) is 0 Å². The number of nitrogens with zero attached hydrogens (tertiary/aromatic N) is 2. The summed E-state index contributed by atoms with van der Waals surface area (Å²) in [6.45, 7) is 5.43. The monoisotopic (exact) mass is 296 g/mol. The smallest absolute Gasteiger partial charge is 0.259 e. The molecule has 1 heterocycles. The number of allylic oxidation sites excluding steroid dienone is 1. The van der Waals surface area contributed by atoms with Crippen molar-refractivity contribution in [3.8, 4) is 11.4 Å². The molecule has 0 aliphatic carbocycles. The molecule has 0 atom stereocenters. The number of imidazole rings is 1. The van der Waals surface area contributed by atoms with Crippen LogP contribution in [0.2, 0.25) is 5.02 Å². The van der Waals surface area contributed by atoms with E-state index in [1.807, 2.05) is 36.4 Å². The molecule has 0 fully saturated rings. The second-order valence-electron chi connectivity index (χ2n) is 4.86. The average molecular weight is 297 g/mol. The van der Waals surface area contributed by atoms with Crippen molar-refractivity contribution in [2.75, 3.05) is 0 Å². The Morgan fingerprint density at radius 2 is 1.90 bits per heavy atom. The van der Waals surface area contributed by atoms with Crippen molar-refractivity contribution in [2.24, 2.45) is 0 Å². The Balaban J connectivity index is 2.36. The fraction of sp³-hybridized carbons (Fsp3) is 0.0588. The summed E-state index contributed by atoms with van der Waals surface area (Å²) in [6.07, 6.45) is 0. The van der Waals surface area contributed by atoms with E-state index in [0.717, 1.165) is 11.1 Å². The molecule has 0 spiro atoms. The summed E-state index contributed by atoms with van der Waals surface area (Å²) in [5.74, 6) is 0.416. The lowest BCUT2D eigenvalue weighted by molar-refractivity contribution is 0.0962. The zero-order valence-corrected chi connectivity index (χ0v) is 12.3. The van der Waals surface area contributed by atoms with E-state index in [9.17, 15) is 4.79 Å². The zero-order valence-electron chi connectivity index (χ0n) is 11.5. The Hall–Kier alpha value is -2.39. The normalized spacial score (nSPS) is 10.8. The van der Waals surface area contributed by atoms with Crippen molar-refractivity contribution in [3.63, 3.8) is 0 Å². The summed E-state index contributed by atoms with van der Waals surface area (Å²) in [4.78, 5) is 17.1. The third-order valence-corrected chi connectivity index (χ3v) is 3.45.